The molecule has 0 aliphatic heterocycles. The van der Waals surface area contributed by atoms with E-state index in [1.807, 2.05) is 19.1 Å². The van der Waals surface area contributed by atoms with Crippen LogP contribution in [0.3, 0.4) is 0 Å². The van der Waals surface area contributed by atoms with Gasteiger partial charge in [0.1, 0.15) is 0 Å². The van der Waals surface area contributed by atoms with Crippen LogP contribution in [-0.2, 0) is 9.53 Å². The van der Waals surface area contributed by atoms with E-state index in [0.717, 1.165) is 6.42 Å². The summed E-state index contributed by atoms with van der Waals surface area (Å²) >= 11 is 0. The van der Waals surface area contributed by atoms with Gasteiger partial charge in [-0.1, -0.05) is 19.1 Å². The summed E-state index contributed by atoms with van der Waals surface area (Å²) in [5.41, 5.74) is -0.274. The van der Waals surface area contributed by atoms with Gasteiger partial charge >= 0.3 is 5.97 Å². The molecule has 0 bridgehead atoms. The summed E-state index contributed by atoms with van der Waals surface area (Å²) < 4.78 is 4.71. The summed E-state index contributed by atoms with van der Waals surface area (Å²) in [6, 6.07) is 0. The monoisotopic (exact) mass is 154 g/mol. The van der Waals surface area contributed by atoms with Gasteiger partial charge in [-0.05, 0) is 19.3 Å². The highest BCUT2D eigenvalue weighted by molar-refractivity contribution is 5.82. The van der Waals surface area contributed by atoms with Crippen LogP contribution >= 0.6 is 0 Å². The number of methoxy groups -OCH3 is 1. The van der Waals surface area contributed by atoms with Crippen molar-refractivity contribution in [1.29, 1.82) is 0 Å². The van der Waals surface area contributed by atoms with Crippen LogP contribution in [0.2, 0.25) is 0 Å². The van der Waals surface area contributed by atoms with Crippen LogP contribution in [0.15, 0.2) is 12.2 Å². The summed E-state index contributed by atoms with van der Waals surface area (Å²) in [5.74, 6) is 0.356. The highest BCUT2D eigenvalue weighted by Crippen LogP contribution is 2.54. The second kappa shape index (κ2) is 2.68. The highest BCUT2D eigenvalue weighted by atomic mass is 16.5. The molecule has 1 fully saturated rings. The minimum absolute atomic E-state index is 0.0944. The maximum absolute atomic E-state index is 11.2. The summed E-state index contributed by atoms with van der Waals surface area (Å²) in [4.78, 5) is 11.2. The molecular weight excluding hydrogens is 140 g/mol. The first-order valence-corrected chi connectivity index (χ1v) is 3.89. The van der Waals surface area contributed by atoms with E-state index >= 15 is 0 Å². The molecule has 0 amide bonds. The maximum Gasteiger partial charge on any atom is 0.315 e. The van der Waals surface area contributed by atoms with Gasteiger partial charge in [-0.15, -0.1) is 0 Å². The Morgan fingerprint density at radius 3 is 2.55 bits per heavy atom. The predicted molar refractivity (Wildman–Crippen MR) is 43.0 cm³/mol. The van der Waals surface area contributed by atoms with E-state index in [1.54, 1.807) is 0 Å². The van der Waals surface area contributed by atoms with Gasteiger partial charge in [0.25, 0.3) is 0 Å². The van der Waals surface area contributed by atoms with Crippen molar-refractivity contribution in [3.05, 3.63) is 12.2 Å². The Hall–Kier alpha value is -0.790. The zero-order valence-electron chi connectivity index (χ0n) is 7.26. The number of ether oxygens (including phenoxy) is 1. The van der Waals surface area contributed by atoms with Crippen molar-refractivity contribution < 1.29 is 9.53 Å². The topological polar surface area (TPSA) is 26.3 Å². The first kappa shape index (κ1) is 8.31. The molecule has 1 saturated carbocycles. The molecule has 1 aliphatic rings. The van der Waals surface area contributed by atoms with E-state index in [1.165, 1.54) is 7.11 Å². The van der Waals surface area contributed by atoms with Crippen molar-refractivity contribution in [1.82, 2.24) is 0 Å². The van der Waals surface area contributed by atoms with Crippen LogP contribution in [0.4, 0.5) is 0 Å². The molecule has 0 N–H and O–H groups in total. The van der Waals surface area contributed by atoms with Gasteiger partial charge in [-0.2, -0.15) is 0 Å². The lowest BCUT2D eigenvalue weighted by Crippen LogP contribution is -2.16. The van der Waals surface area contributed by atoms with Gasteiger partial charge in [-0.25, -0.2) is 0 Å². The number of rotatable bonds is 2. The van der Waals surface area contributed by atoms with Crippen molar-refractivity contribution in [3.63, 3.8) is 0 Å². The van der Waals surface area contributed by atoms with Crippen molar-refractivity contribution in [2.45, 2.75) is 20.3 Å². The van der Waals surface area contributed by atoms with E-state index < -0.39 is 0 Å². The lowest BCUT2D eigenvalue weighted by atomic mass is 10.0. The van der Waals surface area contributed by atoms with E-state index in [4.69, 9.17) is 4.74 Å². The molecule has 2 nitrogen and oxygen atoms in total. The van der Waals surface area contributed by atoms with Gasteiger partial charge in [0.2, 0.25) is 0 Å². The number of allylic oxidation sites excluding steroid dienone is 1. The third-order valence-electron chi connectivity index (χ3n) is 2.39. The lowest BCUT2D eigenvalue weighted by molar-refractivity contribution is -0.145. The largest absolute Gasteiger partial charge is 0.468 e. The number of hydrogen-bond acceptors (Lipinski definition) is 2. The summed E-state index contributed by atoms with van der Waals surface area (Å²) in [6.45, 7) is 3.99. The fourth-order valence-corrected chi connectivity index (χ4v) is 1.52. The zero-order valence-corrected chi connectivity index (χ0v) is 7.26. The van der Waals surface area contributed by atoms with Gasteiger partial charge in [0.05, 0.1) is 12.5 Å². The minimum atomic E-state index is -0.274. The van der Waals surface area contributed by atoms with Crippen molar-refractivity contribution in [2.24, 2.45) is 11.3 Å². The molecule has 2 unspecified atom stereocenters. The first-order valence-electron chi connectivity index (χ1n) is 3.89. The fourth-order valence-electron chi connectivity index (χ4n) is 1.52. The minimum Gasteiger partial charge on any atom is -0.468 e. The molecular formula is C9H14O2. The molecule has 0 heterocycles. The van der Waals surface area contributed by atoms with Gasteiger partial charge in [0, 0.05) is 0 Å². The van der Waals surface area contributed by atoms with Crippen molar-refractivity contribution in [2.75, 3.05) is 7.11 Å². The molecule has 2 heteroatoms. The van der Waals surface area contributed by atoms with E-state index in [-0.39, 0.29) is 11.4 Å². The Morgan fingerprint density at radius 1 is 1.73 bits per heavy atom. The second-order valence-corrected chi connectivity index (χ2v) is 3.14. The molecule has 0 spiro atoms. The first-order chi connectivity index (χ1) is 5.17. The van der Waals surface area contributed by atoms with Gasteiger partial charge in [0.15, 0.2) is 0 Å². The number of carbonyl (C=O) groups is 1. The Kier molecular flexibility index (Phi) is 2.03. The molecule has 0 aromatic carbocycles. The van der Waals surface area contributed by atoms with Crippen molar-refractivity contribution in [3.8, 4) is 0 Å². The molecule has 1 aliphatic carbocycles. The summed E-state index contributed by atoms with van der Waals surface area (Å²) in [6.07, 6.45) is 4.80. The standard InChI is InChI=1S/C9H14O2/c1-4-5-9(6-7(9)2)8(10)11-3/h4-5,7H,6H2,1-3H3/b5-4+. The Labute approximate surface area is 67.2 Å². The average Bonchev–Trinajstić information content (AvgIpc) is 2.62. The Morgan fingerprint density at radius 2 is 2.27 bits per heavy atom. The van der Waals surface area contributed by atoms with Crippen LogP contribution in [-0.4, -0.2) is 13.1 Å². The van der Waals surface area contributed by atoms with E-state index in [2.05, 4.69) is 6.92 Å². The normalized spacial score (nSPS) is 35.7. The van der Waals surface area contributed by atoms with Gasteiger partial charge < -0.3 is 4.74 Å². The smallest absolute Gasteiger partial charge is 0.315 e. The van der Waals surface area contributed by atoms with Crippen LogP contribution in [0, 0.1) is 11.3 Å². The third kappa shape index (κ3) is 1.17. The fraction of sp³-hybridized carbons (Fsp3) is 0.667. The molecule has 1 rings (SSSR count). The summed E-state index contributed by atoms with van der Waals surface area (Å²) in [7, 11) is 1.44. The molecule has 62 valence electrons. The van der Waals surface area contributed by atoms with Gasteiger partial charge in [-0.3, -0.25) is 4.79 Å². The Balaban J connectivity index is 2.71. The third-order valence-corrected chi connectivity index (χ3v) is 2.39. The number of hydrogen-bond donors (Lipinski definition) is 0. The maximum atomic E-state index is 11.2. The second-order valence-electron chi connectivity index (χ2n) is 3.14. The molecule has 2 atom stereocenters. The Bertz CT molecular complexity index is 196. The lowest BCUT2D eigenvalue weighted by Gasteiger charge is -2.07. The predicted octanol–water partition coefficient (Wildman–Crippen LogP) is 1.76. The van der Waals surface area contributed by atoms with Crippen LogP contribution in [0.1, 0.15) is 20.3 Å². The summed E-state index contributed by atoms with van der Waals surface area (Å²) in [5, 5.41) is 0. The highest BCUT2D eigenvalue weighted by Gasteiger charge is 2.56. The quantitative estimate of drug-likeness (QED) is 0.447. The molecule has 0 radical (unpaired) electrons. The molecule has 11 heavy (non-hydrogen) atoms. The van der Waals surface area contributed by atoms with E-state index in [9.17, 15) is 4.79 Å². The number of esters is 1. The van der Waals surface area contributed by atoms with Crippen molar-refractivity contribution >= 4 is 5.97 Å². The molecule has 0 aromatic rings. The van der Waals surface area contributed by atoms with Crippen LogP contribution in [0.25, 0.3) is 0 Å². The SMILES string of the molecule is C/C=C/C1(C(=O)OC)CC1C. The average molecular weight is 154 g/mol. The number of carbonyl (C=O) groups excluding carboxylic acids is 1. The molecule has 0 aromatic heterocycles. The zero-order chi connectivity index (χ0) is 8.48. The molecule has 0 saturated heterocycles. The van der Waals surface area contributed by atoms with Crippen LogP contribution < -0.4 is 0 Å². The van der Waals surface area contributed by atoms with Crippen LogP contribution in [0.5, 0.6) is 0 Å². The van der Waals surface area contributed by atoms with E-state index in [0.29, 0.717) is 5.92 Å².